The van der Waals surface area contributed by atoms with Crippen LogP contribution in [0.5, 0.6) is 0 Å². The van der Waals surface area contributed by atoms with Crippen molar-refractivity contribution in [1.82, 2.24) is 10.5 Å². The number of carbonyl (C=O) groups is 3. The molecule has 3 N–H and O–H groups in total. The Bertz CT molecular complexity index is 600. The van der Waals surface area contributed by atoms with Crippen LogP contribution in [0, 0.1) is 13.8 Å². The third-order valence-corrected chi connectivity index (χ3v) is 2.84. The molecule has 0 aliphatic heterocycles. The molecule has 0 aliphatic carbocycles. The summed E-state index contributed by atoms with van der Waals surface area (Å²) in [5.74, 6) is -1.89. The second-order valence-corrected chi connectivity index (χ2v) is 4.19. The SMILES string of the molecule is CC(C(=O)O)=C(C)C(=O)NC(=O)Nc1onc(C)c1C. The predicted molar refractivity (Wildman–Crippen MR) is 69.1 cm³/mol. The molecule has 0 unspecified atom stereocenters. The van der Waals surface area contributed by atoms with Crippen LogP contribution in [0.3, 0.4) is 0 Å². The van der Waals surface area contributed by atoms with Gasteiger partial charge in [0.05, 0.1) is 5.69 Å². The number of hydrogen-bond acceptors (Lipinski definition) is 5. The summed E-state index contributed by atoms with van der Waals surface area (Å²) in [6, 6.07) is -0.827. The Morgan fingerprint density at radius 2 is 1.75 bits per heavy atom. The van der Waals surface area contributed by atoms with E-state index in [2.05, 4.69) is 10.5 Å². The van der Waals surface area contributed by atoms with Gasteiger partial charge in [0.25, 0.3) is 5.91 Å². The average molecular weight is 281 g/mol. The van der Waals surface area contributed by atoms with Crippen LogP contribution < -0.4 is 10.6 Å². The molecule has 8 heteroatoms. The second kappa shape index (κ2) is 6.00. The number of imide groups is 1. The molecule has 108 valence electrons. The molecular weight excluding hydrogens is 266 g/mol. The van der Waals surface area contributed by atoms with Gasteiger partial charge in [0.2, 0.25) is 5.88 Å². The summed E-state index contributed by atoms with van der Waals surface area (Å²) >= 11 is 0. The number of hydrogen-bond donors (Lipinski definition) is 3. The molecule has 3 amide bonds. The molecule has 0 aliphatic rings. The molecule has 1 rings (SSSR count). The molecule has 0 atom stereocenters. The maximum atomic E-state index is 11.6. The standard InChI is InChI=1S/C12H15N3O5/c1-5(6(2)11(17)18)9(16)13-12(19)14-10-7(3)8(4)15-20-10/h1-4H3,(H,17,18)(H2,13,14,16,19). The predicted octanol–water partition coefficient (Wildman–Crippen LogP) is 1.36. The van der Waals surface area contributed by atoms with E-state index in [1.165, 1.54) is 13.8 Å². The molecule has 1 aromatic rings. The number of aliphatic carboxylic acids is 1. The summed E-state index contributed by atoms with van der Waals surface area (Å²) in [7, 11) is 0. The van der Waals surface area contributed by atoms with Gasteiger partial charge in [-0.1, -0.05) is 5.16 Å². The fraction of sp³-hybridized carbons (Fsp3) is 0.333. The zero-order valence-corrected chi connectivity index (χ0v) is 11.5. The van der Waals surface area contributed by atoms with Crippen molar-refractivity contribution in [2.75, 3.05) is 5.32 Å². The summed E-state index contributed by atoms with van der Waals surface area (Å²) in [5.41, 5.74) is 1.06. The van der Waals surface area contributed by atoms with Crippen LogP contribution in [0.25, 0.3) is 0 Å². The minimum absolute atomic E-state index is 0.0573. The van der Waals surface area contributed by atoms with E-state index in [1.807, 2.05) is 5.32 Å². The number of nitrogens with zero attached hydrogens (tertiary/aromatic N) is 1. The van der Waals surface area contributed by atoms with Gasteiger partial charge in [-0.15, -0.1) is 0 Å². The zero-order valence-electron chi connectivity index (χ0n) is 11.5. The van der Waals surface area contributed by atoms with E-state index >= 15 is 0 Å². The van der Waals surface area contributed by atoms with Crippen LogP contribution >= 0.6 is 0 Å². The molecule has 1 aromatic heterocycles. The smallest absolute Gasteiger partial charge is 0.331 e. The second-order valence-electron chi connectivity index (χ2n) is 4.19. The summed E-state index contributed by atoms with van der Waals surface area (Å²) < 4.78 is 4.85. The third-order valence-electron chi connectivity index (χ3n) is 2.84. The highest BCUT2D eigenvalue weighted by Gasteiger charge is 2.17. The minimum Gasteiger partial charge on any atom is -0.478 e. The lowest BCUT2D eigenvalue weighted by Crippen LogP contribution is -2.35. The van der Waals surface area contributed by atoms with E-state index in [1.54, 1.807) is 13.8 Å². The van der Waals surface area contributed by atoms with Gasteiger partial charge in [-0.25, -0.2) is 9.59 Å². The summed E-state index contributed by atoms with van der Waals surface area (Å²) in [6.07, 6.45) is 0. The van der Waals surface area contributed by atoms with Crippen LogP contribution in [-0.4, -0.2) is 28.2 Å². The van der Waals surface area contributed by atoms with E-state index in [-0.39, 0.29) is 17.0 Å². The minimum atomic E-state index is -1.22. The molecule has 0 spiro atoms. The van der Waals surface area contributed by atoms with Crippen molar-refractivity contribution in [3.8, 4) is 0 Å². The third kappa shape index (κ3) is 3.44. The number of carbonyl (C=O) groups excluding carboxylic acids is 2. The number of rotatable bonds is 3. The molecule has 8 nitrogen and oxygen atoms in total. The van der Waals surface area contributed by atoms with Crippen LogP contribution in [0.1, 0.15) is 25.1 Å². The van der Waals surface area contributed by atoms with E-state index in [0.29, 0.717) is 11.3 Å². The van der Waals surface area contributed by atoms with Gasteiger partial charge < -0.3 is 9.63 Å². The number of carboxylic acids is 1. The number of aryl methyl sites for hydroxylation is 1. The van der Waals surface area contributed by atoms with Gasteiger partial charge in [-0.05, 0) is 27.7 Å². The van der Waals surface area contributed by atoms with Gasteiger partial charge in [0, 0.05) is 16.7 Å². The molecule has 0 saturated carbocycles. The van der Waals surface area contributed by atoms with Crippen molar-refractivity contribution in [1.29, 1.82) is 0 Å². The van der Waals surface area contributed by atoms with Gasteiger partial charge in [-0.2, -0.15) is 0 Å². The monoisotopic (exact) mass is 281 g/mol. The summed E-state index contributed by atoms with van der Waals surface area (Å²) in [6.45, 7) is 5.99. The highest BCUT2D eigenvalue weighted by Crippen LogP contribution is 2.16. The number of carboxylic acid groups (broad SMARTS) is 1. The Hall–Kier alpha value is -2.64. The number of anilines is 1. The summed E-state index contributed by atoms with van der Waals surface area (Å²) in [4.78, 5) is 33.9. The molecule has 0 fully saturated rings. The molecule has 1 heterocycles. The average Bonchev–Trinajstić information content (AvgIpc) is 2.68. The Labute approximate surface area is 114 Å². The van der Waals surface area contributed by atoms with Crippen molar-refractivity contribution in [2.24, 2.45) is 0 Å². The van der Waals surface area contributed by atoms with Crippen molar-refractivity contribution in [2.45, 2.75) is 27.7 Å². The Morgan fingerprint density at radius 1 is 1.15 bits per heavy atom. The van der Waals surface area contributed by atoms with Crippen molar-refractivity contribution in [3.05, 3.63) is 22.4 Å². The van der Waals surface area contributed by atoms with Gasteiger partial charge in [0.15, 0.2) is 0 Å². The fourth-order valence-corrected chi connectivity index (χ4v) is 1.19. The van der Waals surface area contributed by atoms with Crippen LogP contribution in [0.15, 0.2) is 15.7 Å². The first-order valence-electron chi connectivity index (χ1n) is 5.70. The van der Waals surface area contributed by atoms with Crippen LogP contribution in [0.4, 0.5) is 10.7 Å². The highest BCUT2D eigenvalue weighted by atomic mass is 16.5. The first-order valence-corrected chi connectivity index (χ1v) is 5.70. The number of aromatic nitrogens is 1. The van der Waals surface area contributed by atoms with E-state index in [4.69, 9.17) is 9.63 Å². The topological polar surface area (TPSA) is 122 Å². The summed E-state index contributed by atoms with van der Waals surface area (Å²) in [5, 5.41) is 16.7. The van der Waals surface area contributed by atoms with Crippen LogP contribution in [0.2, 0.25) is 0 Å². The Kier molecular flexibility index (Phi) is 4.63. The lowest BCUT2D eigenvalue weighted by molar-refractivity contribution is -0.133. The maximum Gasteiger partial charge on any atom is 0.331 e. The van der Waals surface area contributed by atoms with Crippen molar-refractivity contribution >= 4 is 23.8 Å². The van der Waals surface area contributed by atoms with E-state index < -0.39 is 17.9 Å². The van der Waals surface area contributed by atoms with Gasteiger partial charge in [0.1, 0.15) is 0 Å². The van der Waals surface area contributed by atoms with E-state index in [9.17, 15) is 14.4 Å². The number of amides is 3. The zero-order chi connectivity index (χ0) is 15.4. The number of urea groups is 1. The largest absolute Gasteiger partial charge is 0.478 e. The molecule has 0 aromatic carbocycles. The molecule has 0 bridgehead atoms. The van der Waals surface area contributed by atoms with Crippen molar-refractivity contribution < 1.29 is 24.0 Å². The molecular formula is C12H15N3O5. The lowest BCUT2D eigenvalue weighted by atomic mass is 10.1. The lowest BCUT2D eigenvalue weighted by Gasteiger charge is -2.06. The number of nitrogens with one attached hydrogen (secondary N) is 2. The molecule has 20 heavy (non-hydrogen) atoms. The first kappa shape index (κ1) is 15.4. The molecule has 0 saturated heterocycles. The van der Waals surface area contributed by atoms with Crippen LogP contribution in [-0.2, 0) is 9.59 Å². The van der Waals surface area contributed by atoms with Gasteiger partial charge in [-0.3, -0.25) is 15.4 Å². The first-order chi connectivity index (χ1) is 9.23. The maximum absolute atomic E-state index is 11.6. The van der Waals surface area contributed by atoms with Crippen molar-refractivity contribution in [3.63, 3.8) is 0 Å². The highest BCUT2D eigenvalue weighted by molar-refractivity contribution is 6.10. The Balaban J connectivity index is 2.72. The van der Waals surface area contributed by atoms with Gasteiger partial charge >= 0.3 is 12.0 Å². The quantitative estimate of drug-likeness (QED) is 0.719. The normalized spacial score (nSPS) is 11.6. The van der Waals surface area contributed by atoms with E-state index in [0.717, 1.165) is 0 Å². The fourth-order valence-electron chi connectivity index (χ4n) is 1.19. The Morgan fingerprint density at radius 3 is 2.20 bits per heavy atom. The molecule has 0 radical (unpaired) electrons.